The van der Waals surface area contributed by atoms with Gasteiger partial charge in [0.25, 0.3) is 5.69 Å². The van der Waals surface area contributed by atoms with Gasteiger partial charge in [-0.15, -0.1) is 0 Å². The molecular weight excluding hydrogens is 330 g/mol. The van der Waals surface area contributed by atoms with Crippen molar-refractivity contribution in [2.45, 2.75) is 27.3 Å². The molecule has 2 rings (SSSR count). The van der Waals surface area contributed by atoms with Crippen molar-refractivity contribution in [3.63, 3.8) is 0 Å². The summed E-state index contributed by atoms with van der Waals surface area (Å²) in [5.41, 5.74) is 0.446. The Kier molecular flexibility index (Phi) is 5.11. The van der Waals surface area contributed by atoms with Crippen LogP contribution in [0, 0.1) is 40.0 Å². The van der Waals surface area contributed by atoms with Crippen molar-refractivity contribution >= 4 is 23.0 Å². The Morgan fingerprint density at radius 1 is 1.24 bits per heavy atom. The second kappa shape index (κ2) is 7.07. The fraction of sp³-hybridized carbons (Fsp3) is 0.333. The van der Waals surface area contributed by atoms with E-state index in [1.165, 1.54) is 29.8 Å². The van der Waals surface area contributed by atoms with Gasteiger partial charge in [0.05, 0.1) is 22.3 Å². The molecule has 0 spiro atoms. The summed E-state index contributed by atoms with van der Waals surface area (Å²) in [4.78, 5) is 33.2. The second-order valence-corrected chi connectivity index (χ2v) is 5.62. The maximum absolute atomic E-state index is 12.3. The van der Waals surface area contributed by atoms with E-state index in [0.29, 0.717) is 5.69 Å². The van der Waals surface area contributed by atoms with Crippen LogP contribution in [0.2, 0.25) is 0 Å². The summed E-state index contributed by atoms with van der Waals surface area (Å²) in [5.74, 6) is -1.04. The lowest BCUT2D eigenvalue weighted by Gasteiger charge is -2.13. The Hall–Kier alpha value is -3.30. The van der Waals surface area contributed by atoms with E-state index in [1.807, 2.05) is 0 Å². The van der Waals surface area contributed by atoms with Gasteiger partial charge in [-0.2, -0.15) is 5.10 Å². The highest BCUT2D eigenvalue weighted by atomic mass is 16.6. The maximum atomic E-state index is 12.3. The predicted molar refractivity (Wildman–Crippen MR) is 89.2 cm³/mol. The van der Waals surface area contributed by atoms with Crippen LogP contribution in [0.3, 0.4) is 0 Å². The Bertz CT molecular complexity index is 845. The maximum Gasteiger partial charge on any atom is 0.312 e. The smallest absolute Gasteiger partial charge is 0.312 e. The quantitative estimate of drug-likeness (QED) is 0.630. The van der Waals surface area contributed by atoms with Crippen LogP contribution in [0.4, 0.5) is 17.1 Å². The van der Waals surface area contributed by atoms with Crippen LogP contribution in [-0.2, 0) is 11.3 Å². The summed E-state index contributed by atoms with van der Waals surface area (Å²) in [5, 5.41) is 28.6. The summed E-state index contributed by atoms with van der Waals surface area (Å²) >= 11 is 0. The summed E-state index contributed by atoms with van der Waals surface area (Å²) in [7, 11) is 0. The van der Waals surface area contributed by atoms with Crippen LogP contribution < -0.4 is 5.32 Å². The normalized spacial score (nSPS) is 11.8. The molecule has 25 heavy (non-hydrogen) atoms. The SMILES string of the molecule is Cc1nn(CC(C)C(=O)Nc2ccccc2[N+](=O)[O-])c(C)c1[N+](=O)[O-]. The van der Waals surface area contributed by atoms with Crippen LogP contribution in [0.1, 0.15) is 18.3 Å². The average molecular weight is 347 g/mol. The number of aromatic nitrogens is 2. The fourth-order valence-electron chi connectivity index (χ4n) is 2.47. The molecular formula is C15H17N5O5. The van der Waals surface area contributed by atoms with E-state index >= 15 is 0 Å². The minimum Gasteiger partial charge on any atom is -0.320 e. The van der Waals surface area contributed by atoms with Crippen molar-refractivity contribution in [2.75, 3.05) is 5.32 Å². The molecule has 1 unspecified atom stereocenters. The van der Waals surface area contributed by atoms with Crippen LogP contribution in [0.5, 0.6) is 0 Å². The van der Waals surface area contributed by atoms with Gasteiger partial charge in [0.15, 0.2) is 0 Å². The van der Waals surface area contributed by atoms with E-state index in [9.17, 15) is 25.0 Å². The van der Waals surface area contributed by atoms with Crippen molar-refractivity contribution in [1.29, 1.82) is 0 Å². The molecule has 0 fully saturated rings. The number of carbonyl (C=O) groups is 1. The fourth-order valence-corrected chi connectivity index (χ4v) is 2.47. The van der Waals surface area contributed by atoms with Gasteiger partial charge in [-0.25, -0.2) is 0 Å². The highest BCUT2D eigenvalue weighted by molar-refractivity contribution is 5.94. The predicted octanol–water partition coefficient (Wildman–Crippen LogP) is 2.59. The minimum atomic E-state index is -0.600. The van der Waals surface area contributed by atoms with Crippen LogP contribution in [-0.4, -0.2) is 25.5 Å². The van der Waals surface area contributed by atoms with Crippen LogP contribution in [0.15, 0.2) is 24.3 Å². The highest BCUT2D eigenvalue weighted by Gasteiger charge is 2.25. The van der Waals surface area contributed by atoms with Gasteiger partial charge in [0, 0.05) is 6.07 Å². The molecule has 1 heterocycles. The molecule has 0 saturated carbocycles. The number of anilines is 1. The number of hydrogen-bond donors (Lipinski definition) is 1. The Labute approximate surface area is 142 Å². The molecule has 1 aromatic carbocycles. The van der Waals surface area contributed by atoms with Crippen molar-refractivity contribution in [1.82, 2.24) is 9.78 Å². The number of nitrogens with one attached hydrogen (secondary N) is 1. The summed E-state index contributed by atoms with van der Waals surface area (Å²) in [6.45, 7) is 4.82. The third-order valence-electron chi connectivity index (χ3n) is 3.78. The van der Waals surface area contributed by atoms with Crippen LogP contribution in [0.25, 0.3) is 0 Å². The molecule has 10 heteroatoms. The van der Waals surface area contributed by atoms with E-state index in [1.54, 1.807) is 19.9 Å². The minimum absolute atomic E-state index is 0.0775. The number of nitro groups is 2. The molecule has 1 N–H and O–H groups in total. The molecule has 10 nitrogen and oxygen atoms in total. The Balaban J connectivity index is 2.16. The Morgan fingerprint density at radius 2 is 1.88 bits per heavy atom. The summed E-state index contributed by atoms with van der Waals surface area (Å²) in [6, 6.07) is 5.82. The summed E-state index contributed by atoms with van der Waals surface area (Å²) < 4.78 is 1.40. The first-order valence-corrected chi connectivity index (χ1v) is 7.45. The van der Waals surface area contributed by atoms with E-state index in [0.717, 1.165) is 0 Å². The van der Waals surface area contributed by atoms with Gasteiger partial charge < -0.3 is 5.32 Å². The van der Waals surface area contributed by atoms with Gasteiger partial charge in [0.1, 0.15) is 17.1 Å². The van der Waals surface area contributed by atoms with E-state index < -0.39 is 21.7 Å². The van der Waals surface area contributed by atoms with Crippen molar-refractivity contribution in [3.8, 4) is 0 Å². The van der Waals surface area contributed by atoms with Crippen molar-refractivity contribution in [3.05, 3.63) is 55.9 Å². The number of amides is 1. The molecule has 1 amide bonds. The third kappa shape index (κ3) is 3.79. The number of para-hydroxylation sites is 2. The first-order chi connectivity index (χ1) is 11.7. The van der Waals surface area contributed by atoms with Gasteiger partial charge in [-0.3, -0.25) is 29.7 Å². The number of aryl methyl sites for hydroxylation is 1. The highest BCUT2D eigenvalue weighted by Crippen LogP contribution is 2.25. The number of nitrogens with zero attached hydrogens (tertiary/aromatic N) is 4. The van der Waals surface area contributed by atoms with Gasteiger partial charge in [-0.05, 0) is 19.9 Å². The molecule has 2 aromatic rings. The number of carbonyl (C=O) groups excluding carboxylic acids is 1. The lowest BCUT2D eigenvalue weighted by molar-refractivity contribution is -0.386. The zero-order chi connectivity index (χ0) is 18.7. The molecule has 0 bridgehead atoms. The number of hydrogen-bond acceptors (Lipinski definition) is 6. The second-order valence-electron chi connectivity index (χ2n) is 5.62. The van der Waals surface area contributed by atoms with E-state index in [4.69, 9.17) is 0 Å². The molecule has 132 valence electrons. The molecule has 0 aliphatic rings. The standard InChI is InChI=1S/C15H17N5O5/c1-9(8-18-11(3)14(20(24)25)10(2)17-18)15(21)16-12-6-4-5-7-13(12)19(22)23/h4-7,9H,8H2,1-3H3,(H,16,21). The molecule has 0 aliphatic carbocycles. The lowest BCUT2D eigenvalue weighted by Crippen LogP contribution is -2.25. The summed E-state index contributed by atoms with van der Waals surface area (Å²) in [6.07, 6.45) is 0. The zero-order valence-electron chi connectivity index (χ0n) is 13.9. The number of nitro benzene ring substituents is 1. The van der Waals surface area contributed by atoms with Gasteiger partial charge in [0.2, 0.25) is 5.91 Å². The third-order valence-corrected chi connectivity index (χ3v) is 3.78. The Morgan fingerprint density at radius 3 is 2.44 bits per heavy atom. The molecule has 1 aromatic heterocycles. The molecule has 0 aliphatic heterocycles. The number of benzene rings is 1. The van der Waals surface area contributed by atoms with E-state index in [-0.39, 0.29) is 29.3 Å². The van der Waals surface area contributed by atoms with Crippen LogP contribution >= 0.6 is 0 Å². The van der Waals surface area contributed by atoms with Gasteiger partial charge in [-0.1, -0.05) is 19.1 Å². The largest absolute Gasteiger partial charge is 0.320 e. The molecule has 0 radical (unpaired) electrons. The molecule has 0 saturated heterocycles. The first kappa shape index (κ1) is 18.0. The zero-order valence-corrected chi connectivity index (χ0v) is 13.9. The first-order valence-electron chi connectivity index (χ1n) is 7.45. The van der Waals surface area contributed by atoms with Crippen molar-refractivity contribution < 1.29 is 14.6 Å². The van der Waals surface area contributed by atoms with Gasteiger partial charge >= 0.3 is 5.69 Å². The molecule has 1 atom stereocenters. The average Bonchev–Trinajstić information content (AvgIpc) is 2.81. The topological polar surface area (TPSA) is 133 Å². The lowest BCUT2D eigenvalue weighted by atomic mass is 10.1. The van der Waals surface area contributed by atoms with E-state index in [2.05, 4.69) is 10.4 Å². The monoisotopic (exact) mass is 347 g/mol. The van der Waals surface area contributed by atoms with Crippen molar-refractivity contribution in [2.24, 2.45) is 5.92 Å². The number of rotatable bonds is 6.